The number of piperidine rings is 1. The lowest BCUT2D eigenvalue weighted by atomic mass is 9.97. The summed E-state index contributed by atoms with van der Waals surface area (Å²) in [5.74, 6) is -0.835. The Morgan fingerprint density at radius 3 is 2.48 bits per heavy atom. The van der Waals surface area contributed by atoms with Gasteiger partial charge in [0.15, 0.2) is 5.13 Å². The lowest BCUT2D eigenvalue weighted by Gasteiger charge is -2.32. The third-order valence-electron chi connectivity index (χ3n) is 4.21. The third-order valence-corrected chi connectivity index (χ3v) is 5.36. The Hall–Kier alpha value is -0.820. The van der Waals surface area contributed by atoms with E-state index in [0.717, 1.165) is 22.1 Å². The number of hydrogen-bond acceptors (Lipinski definition) is 4. The highest BCUT2D eigenvalue weighted by molar-refractivity contribution is 7.15. The summed E-state index contributed by atoms with van der Waals surface area (Å²) >= 11 is 1.53. The molecule has 0 radical (unpaired) electrons. The zero-order valence-corrected chi connectivity index (χ0v) is 13.2. The first kappa shape index (κ1) is 16.5. The molecular formula is C14H22F3N3S. The molecule has 1 fully saturated rings. The molecule has 2 heterocycles. The standard InChI is InChI=1S/C14H22F3N3S/c1-3-9(2)12-11(8-18)21-13(19-12)20-6-4-10(5-7-20)14(15,16)17/h9-10H,3-8,18H2,1-2H3. The second kappa shape index (κ2) is 6.52. The maximum absolute atomic E-state index is 12.7. The molecule has 0 spiro atoms. The van der Waals surface area contributed by atoms with Crippen LogP contribution in [0.2, 0.25) is 0 Å². The van der Waals surface area contributed by atoms with Crippen LogP contribution in [0.25, 0.3) is 0 Å². The van der Waals surface area contributed by atoms with Crippen LogP contribution in [0, 0.1) is 5.92 Å². The minimum Gasteiger partial charge on any atom is -0.348 e. The zero-order valence-electron chi connectivity index (χ0n) is 12.4. The fraction of sp³-hybridized carbons (Fsp3) is 0.786. The molecule has 1 unspecified atom stereocenters. The molecule has 3 nitrogen and oxygen atoms in total. The molecule has 0 amide bonds. The molecule has 2 N–H and O–H groups in total. The fourth-order valence-electron chi connectivity index (χ4n) is 2.61. The molecule has 1 aromatic rings. The highest BCUT2D eigenvalue weighted by atomic mass is 32.1. The van der Waals surface area contributed by atoms with Gasteiger partial charge in [-0.05, 0) is 25.2 Å². The van der Waals surface area contributed by atoms with E-state index in [9.17, 15) is 13.2 Å². The van der Waals surface area contributed by atoms with Gasteiger partial charge in [0.1, 0.15) is 0 Å². The van der Waals surface area contributed by atoms with Crippen LogP contribution in [0.4, 0.5) is 18.3 Å². The van der Waals surface area contributed by atoms with Crippen molar-refractivity contribution in [1.82, 2.24) is 4.98 Å². The summed E-state index contributed by atoms with van der Waals surface area (Å²) in [6.45, 7) is 5.48. The quantitative estimate of drug-likeness (QED) is 0.914. The SMILES string of the molecule is CCC(C)c1nc(N2CCC(C(F)(F)F)CC2)sc1CN. The van der Waals surface area contributed by atoms with E-state index in [-0.39, 0.29) is 12.8 Å². The average Bonchev–Trinajstić information content (AvgIpc) is 2.90. The molecule has 1 saturated heterocycles. The van der Waals surface area contributed by atoms with Gasteiger partial charge in [0.05, 0.1) is 11.6 Å². The summed E-state index contributed by atoms with van der Waals surface area (Å²) < 4.78 is 38.1. The van der Waals surface area contributed by atoms with Crippen LogP contribution in [0.1, 0.15) is 49.6 Å². The lowest BCUT2D eigenvalue weighted by Crippen LogP contribution is -2.39. The topological polar surface area (TPSA) is 42.2 Å². The van der Waals surface area contributed by atoms with Gasteiger partial charge in [-0.25, -0.2) is 4.98 Å². The van der Waals surface area contributed by atoms with Gasteiger partial charge in [-0.1, -0.05) is 13.8 Å². The molecule has 1 atom stereocenters. The van der Waals surface area contributed by atoms with Crippen LogP contribution in [-0.4, -0.2) is 24.2 Å². The third kappa shape index (κ3) is 3.69. The van der Waals surface area contributed by atoms with E-state index in [4.69, 9.17) is 5.73 Å². The van der Waals surface area contributed by atoms with E-state index in [1.54, 1.807) is 0 Å². The lowest BCUT2D eigenvalue weighted by molar-refractivity contribution is -0.179. The number of thiazole rings is 1. The summed E-state index contributed by atoms with van der Waals surface area (Å²) in [6, 6.07) is 0. The van der Waals surface area contributed by atoms with Crippen molar-refractivity contribution in [2.75, 3.05) is 18.0 Å². The van der Waals surface area contributed by atoms with Crippen molar-refractivity contribution in [3.05, 3.63) is 10.6 Å². The van der Waals surface area contributed by atoms with Crippen molar-refractivity contribution < 1.29 is 13.2 Å². The molecule has 1 aromatic heterocycles. The molecule has 0 bridgehead atoms. The van der Waals surface area contributed by atoms with Gasteiger partial charge >= 0.3 is 6.18 Å². The molecule has 2 rings (SSSR count). The minimum absolute atomic E-state index is 0.152. The van der Waals surface area contributed by atoms with Gasteiger partial charge in [-0.15, -0.1) is 11.3 Å². The molecule has 1 aliphatic heterocycles. The van der Waals surface area contributed by atoms with Crippen LogP contribution in [0.5, 0.6) is 0 Å². The van der Waals surface area contributed by atoms with Crippen LogP contribution < -0.4 is 10.6 Å². The summed E-state index contributed by atoms with van der Waals surface area (Å²) in [7, 11) is 0. The first-order valence-corrected chi connectivity index (χ1v) is 8.19. The summed E-state index contributed by atoms with van der Waals surface area (Å²) in [6.07, 6.45) is -2.79. The van der Waals surface area contributed by atoms with Gasteiger partial charge in [-0.3, -0.25) is 0 Å². The van der Waals surface area contributed by atoms with Crippen LogP contribution in [0.15, 0.2) is 0 Å². The Morgan fingerprint density at radius 1 is 1.38 bits per heavy atom. The van der Waals surface area contributed by atoms with E-state index < -0.39 is 12.1 Å². The number of rotatable bonds is 4. The highest BCUT2D eigenvalue weighted by Gasteiger charge is 2.41. The Bertz CT molecular complexity index is 465. The van der Waals surface area contributed by atoms with Gasteiger partial charge in [-0.2, -0.15) is 13.2 Å². The Kier molecular flexibility index (Phi) is 5.14. The van der Waals surface area contributed by atoms with E-state index in [1.165, 1.54) is 11.3 Å². The van der Waals surface area contributed by atoms with Gasteiger partial charge in [0.2, 0.25) is 0 Å². The predicted molar refractivity (Wildman–Crippen MR) is 79.7 cm³/mol. The first-order chi connectivity index (χ1) is 9.86. The Balaban J connectivity index is 2.08. The van der Waals surface area contributed by atoms with E-state index in [0.29, 0.717) is 25.6 Å². The Morgan fingerprint density at radius 2 is 2.00 bits per heavy atom. The summed E-state index contributed by atoms with van der Waals surface area (Å²) in [5, 5.41) is 0.825. The molecule has 120 valence electrons. The van der Waals surface area contributed by atoms with Crippen molar-refractivity contribution >= 4 is 16.5 Å². The minimum atomic E-state index is -4.07. The van der Waals surface area contributed by atoms with Gasteiger partial charge in [0.25, 0.3) is 0 Å². The van der Waals surface area contributed by atoms with Gasteiger partial charge < -0.3 is 10.6 Å². The second-order valence-corrected chi connectivity index (χ2v) is 6.68. The number of hydrogen-bond donors (Lipinski definition) is 1. The second-order valence-electron chi connectivity index (χ2n) is 5.62. The molecular weight excluding hydrogens is 299 g/mol. The van der Waals surface area contributed by atoms with Crippen molar-refractivity contribution in [3.63, 3.8) is 0 Å². The smallest absolute Gasteiger partial charge is 0.348 e. The number of nitrogens with zero attached hydrogens (tertiary/aromatic N) is 2. The molecule has 0 saturated carbocycles. The maximum atomic E-state index is 12.7. The first-order valence-electron chi connectivity index (χ1n) is 7.38. The van der Waals surface area contributed by atoms with E-state index in [1.807, 2.05) is 4.90 Å². The largest absolute Gasteiger partial charge is 0.391 e. The maximum Gasteiger partial charge on any atom is 0.391 e. The summed E-state index contributed by atoms with van der Waals surface area (Å²) in [4.78, 5) is 7.67. The number of nitrogens with two attached hydrogens (primary N) is 1. The molecule has 21 heavy (non-hydrogen) atoms. The molecule has 1 aliphatic rings. The molecule has 0 aromatic carbocycles. The van der Waals surface area contributed by atoms with Crippen LogP contribution in [-0.2, 0) is 6.54 Å². The van der Waals surface area contributed by atoms with Crippen molar-refractivity contribution in [1.29, 1.82) is 0 Å². The van der Waals surface area contributed by atoms with Crippen molar-refractivity contribution in [2.45, 2.75) is 51.7 Å². The van der Waals surface area contributed by atoms with Crippen LogP contribution in [0.3, 0.4) is 0 Å². The monoisotopic (exact) mass is 321 g/mol. The number of alkyl halides is 3. The van der Waals surface area contributed by atoms with Gasteiger partial charge in [0, 0.05) is 24.5 Å². The number of aromatic nitrogens is 1. The number of anilines is 1. The average molecular weight is 321 g/mol. The molecule has 0 aliphatic carbocycles. The Labute approximate surface area is 127 Å². The molecule has 7 heteroatoms. The predicted octanol–water partition coefficient (Wildman–Crippen LogP) is 3.89. The van der Waals surface area contributed by atoms with Crippen molar-refractivity contribution in [2.24, 2.45) is 11.7 Å². The van der Waals surface area contributed by atoms with Crippen molar-refractivity contribution in [3.8, 4) is 0 Å². The van der Waals surface area contributed by atoms with Crippen LogP contribution >= 0.6 is 11.3 Å². The highest BCUT2D eigenvalue weighted by Crippen LogP contribution is 2.37. The van der Waals surface area contributed by atoms with E-state index >= 15 is 0 Å². The summed E-state index contributed by atoms with van der Waals surface area (Å²) in [5.41, 5.74) is 6.78. The number of halogens is 3. The zero-order chi connectivity index (χ0) is 15.6. The normalized spacial score (nSPS) is 19.0. The van der Waals surface area contributed by atoms with E-state index in [2.05, 4.69) is 18.8 Å². The fourth-order valence-corrected chi connectivity index (χ4v) is 3.72.